The van der Waals surface area contributed by atoms with Crippen LogP contribution in [0, 0.1) is 5.92 Å². The van der Waals surface area contributed by atoms with E-state index in [4.69, 9.17) is 4.74 Å². The van der Waals surface area contributed by atoms with Crippen LogP contribution in [0.2, 0.25) is 0 Å². The number of carbonyl (C=O) groups is 1. The number of fused-ring (bicyclic) bond motifs is 2. The lowest BCUT2D eigenvalue weighted by atomic mass is 9.74. The first-order valence-corrected chi connectivity index (χ1v) is 8.56. The molecule has 2 N–H and O–H groups in total. The van der Waals surface area contributed by atoms with Crippen molar-refractivity contribution in [3.8, 4) is 0 Å². The zero-order valence-electron chi connectivity index (χ0n) is 14.1. The van der Waals surface area contributed by atoms with Gasteiger partial charge >= 0.3 is 6.18 Å². The predicted molar refractivity (Wildman–Crippen MR) is 89.8 cm³/mol. The lowest BCUT2D eigenvalue weighted by Crippen LogP contribution is -2.41. The summed E-state index contributed by atoms with van der Waals surface area (Å²) in [5.74, 6) is -1.40. The summed E-state index contributed by atoms with van der Waals surface area (Å²) in [4.78, 5) is 16.8. The zero-order chi connectivity index (χ0) is 19.2. The number of anilines is 1. The molecule has 27 heavy (non-hydrogen) atoms. The van der Waals surface area contributed by atoms with E-state index < -0.39 is 41.9 Å². The van der Waals surface area contributed by atoms with Gasteiger partial charge in [-0.3, -0.25) is 9.78 Å². The van der Waals surface area contributed by atoms with Gasteiger partial charge in [-0.2, -0.15) is 13.2 Å². The summed E-state index contributed by atoms with van der Waals surface area (Å²) in [5.41, 5.74) is 0.0534. The van der Waals surface area contributed by atoms with Gasteiger partial charge in [0.25, 0.3) is 0 Å². The number of nitrogens with zero attached hydrogens (tertiary/aromatic N) is 1. The van der Waals surface area contributed by atoms with Gasteiger partial charge in [-0.05, 0) is 35.9 Å². The number of aliphatic hydroxyl groups is 1. The van der Waals surface area contributed by atoms with Gasteiger partial charge in [-0.15, -0.1) is 0 Å². The number of pyridine rings is 1. The number of hydrogen-bond acceptors (Lipinski definition) is 4. The fraction of sp³-hybridized carbons (Fsp3) is 0.368. The van der Waals surface area contributed by atoms with E-state index in [-0.39, 0.29) is 11.6 Å². The third-order valence-electron chi connectivity index (χ3n) is 5.18. The Bertz CT molecular complexity index is 844. The SMILES string of the molecule is O=C(Nc1cccc(C(F)(F)F)c1)[C@@H]1[C@H](c2ccncc2)[C@@H]2O[C@H]1C[C@H]2O. The highest BCUT2D eigenvalue weighted by Gasteiger charge is 2.56. The Hall–Kier alpha value is -2.45. The summed E-state index contributed by atoms with van der Waals surface area (Å²) in [6.45, 7) is 0. The maximum atomic E-state index is 12.9. The average Bonchev–Trinajstić information content (AvgIpc) is 3.19. The molecular formula is C19H17F3N2O3. The van der Waals surface area contributed by atoms with E-state index in [9.17, 15) is 23.1 Å². The Morgan fingerprint density at radius 1 is 1.22 bits per heavy atom. The van der Waals surface area contributed by atoms with Gasteiger partial charge in [-0.25, -0.2) is 0 Å². The van der Waals surface area contributed by atoms with Crippen molar-refractivity contribution in [2.75, 3.05) is 5.32 Å². The highest BCUT2D eigenvalue weighted by Crippen LogP contribution is 2.49. The topological polar surface area (TPSA) is 71.5 Å². The van der Waals surface area contributed by atoms with Crippen molar-refractivity contribution in [1.82, 2.24) is 4.98 Å². The molecule has 142 valence electrons. The molecule has 5 atom stereocenters. The molecule has 2 saturated heterocycles. The van der Waals surface area contributed by atoms with Crippen LogP contribution in [0.3, 0.4) is 0 Å². The maximum Gasteiger partial charge on any atom is 0.416 e. The zero-order valence-corrected chi connectivity index (χ0v) is 14.1. The largest absolute Gasteiger partial charge is 0.416 e. The fourth-order valence-electron chi connectivity index (χ4n) is 4.02. The number of nitrogens with one attached hydrogen (secondary N) is 1. The molecule has 2 aromatic rings. The van der Waals surface area contributed by atoms with Crippen molar-refractivity contribution in [3.63, 3.8) is 0 Å². The van der Waals surface area contributed by atoms with Crippen molar-refractivity contribution in [2.45, 2.75) is 36.8 Å². The number of benzene rings is 1. The summed E-state index contributed by atoms with van der Waals surface area (Å²) in [7, 11) is 0. The van der Waals surface area contributed by atoms with Gasteiger partial charge in [0.05, 0.1) is 29.8 Å². The number of halogens is 3. The van der Waals surface area contributed by atoms with Crippen molar-refractivity contribution >= 4 is 11.6 Å². The van der Waals surface area contributed by atoms with Crippen LogP contribution in [0.5, 0.6) is 0 Å². The fourth-order valence-corrected chi connectivity index (χ4v) is 4.02. The second kappa shape index (κ2) is 6.61. The van der Waals surface area contributed by atoms with Gasteiger partial charge in [0.1, 0.15) is 0 Å². The Morgan fingerprint density at radius 3 is 2.67 bits per heavy atom. The molecule has 2 fully saturated rings. The first-order chi connectivity index (χ1) is 12.8. The monoisotopic (exact) mass is 378 g/mol. The van der Waals surface area contributed by atoms with Crippen molar-refractivity contribution in [3.05, 3.63) is 59.9 Å². The quantitative estimate of drug-likeness (QED) is 0.862. The van der Waals surface area contributed by atoms with Crippen LogP contribution < -0.4 is 5.32 Å². The second-order valence-electron chi connectivity index (χ2n) is 6.84. The number of aliphatic hydroxyl groups excluding tert-OH is 1. The lowest BCUT2D eigenvalue weighted by molar-refractivity contribution is -0.137. The molecule has 0 saturated carbocycles. The molecule has 1 aromatic carbocycles. The van der Waals surface area contributed by atoms with Crippen LogP contribution in [-0.2, 0) is 15.7 Å². The third kappa shape index (κ3) is 3.30. The summed E-state index contributed by atoms with van der Waals surface area (Å²) in [6, 6.07) is 8.03. The van der Waals surface area contributed by atoms with Gasteiger partial charge in [0.15, 0.2) is 0 Å². The molecule has 1 amide bonds. The van der Waals surface area contributed by atoms with Crippen LogP contribution in [0.1, 0.15) is 23.5 Å². The minimum atomic E-state index is -4.49. The predicted octanol–water partition coefficient (Wildman–Crippen LogP) is 2.97. The van der Waals surface area contributed by atoms with E-state index in [1.54, 1.807) is 24.5 Å². The van der Waals surface area contributed by atoms with Gasteiger partial charge in [0.2, 0.25) is 5.91 Å². The molecule has 3 heterocycles. The van der Waals surface area contributed by atoms with E-state index in [2.05, 4.69) is 10.3 Å². The molecule has 8 heteroatoms. The standard InChI is InChI=1S/C19H17F3N2O3/c20-19(21,22)11-2-1-3-12(8-11)24-18(26)16-14-9-13(25)17(27-14)15(16)10-4-6-23-7-5-10/h1-8,13-17,25H,9H2,(H,24,26)/t13-,14+,15+,16+,17-/m1/s1. The van der Waals surface area contributed by atoms with E-state index >= 15 is 0 Å². The average molecular weight is 378 g/mol. The van der Waals surface area contributed by atoms with Crippen molar-refractivity contribution < 1.29 is 27.8 Å². The molecule has 2 aliphatic rings. The highest BCUT2D eigenvalue weighted by molar-refractivity contribution is 5.94. The Kier molecular flexibility index (Phi) is 4.39. The number of amides is 1. The minimum absolute atomic E-state index is 0.0756. The number of alkyl halides is 3. The molecule has 1 aromatic heterocycles. The van der Waals surface area contributed by atoms with Gasteiger partial charge in [-0.1, -0.05) is 6.07 Å². The summed E-state index contributed by atoms with van der Waals surface area (Å²) in [5, 5.41) is 12.7. The normalized spacial score (nSPS) is 29.7. The third-order valence-corrected chi connectivity index (χ3v) is 5.18. The molecule has 0 unspecified atom stereocenters. The first-order valence-electron chi connectivity index (χ1n) is 8.56. The van der Waals surface area contributed by atoms with E-state index in [0.29, 0.717) is 6.42 Å². The Balaban J connectivity index is 1.59. The number of ether oxygens (including phenoxy) is 1. The lowest BCUT2D eigenvalue weighted by Gasteiger charge is -2.30. The summed E-state index contributed by atoms with van der Waals surface area (Å²) >= 11 is 0. The van der Waals surface area contributed by atoms with Gasteiger partial charge in [0, 0.05) is 30.4 Å². The highest BCUT2D eigenvalue weighted by atomic mass is 19.4. The molecule has 2 aliphatic heterocycles. The maximum absolute atomic E-state index is 12.9. The Labute approximate surface area is 153 Å². The number of rotatable bonds is 3. The smallest absolute Gasteiger partial charge is 0.390 e. The van der Waals surface area contributed by atoms with E-state index in [1.807, 2.05) is 0 Å². The van der Waals surface area contributed by atoms with Crippen molar-refractivity contribution in [1.29, 1.82) is 0 Å². The molecular weight excluding hydrogens is 361 g/mol. The van der Waals surface area contributed by atoms with Crippen LogP contribution in [0.15, 0.2) is 48.8 Å². The Morgan fingerprint density at radius 2 is 1.96 bits per heavy atom. The number of carbonyl (C=O) groups excluding carboxylic acids is 1. The molecule has 0 aliphatic carbocycles. The van der Waals surface area contributed by atoms with E-state index in [1.165, 1.54) is 12.1 Å². The first kappa shape index (κ1) is 17.9. The minimum Gasteiger partial charge on any atom is -0.390 e. The van der Waals surface area contributed by atoms with Crippen molar-refractivity contribution in [2.24, 2.45) is 5.92 Å². The molecule has 2 bridgehead atoms. The summed E-state index contributed by atoms with van der Waals surface area (Å²) in [6.07, 6.45) is -2.65. The van der Waals surface area contributed by atoms with Crippen LogP contribution in [0.25, 0.3) is 0 Å². The molecule has 5 nitrogen and oxygen atoms in total. The molecule has 4 rings (SSSR count). The number of aromatic nitrogens is 1. The van der Waals surface area contributed by atoms with E-state index in [0.717, 1.165) is 17.7 Å². The summed E-state index contributed by atoms with van der Waals surface area (Å²) < 4.78 is 44.5. The number of hydrogen-bond donors (Lipinski definition) is 2. The molecule has 0 radical (unpaired) electrons. The van der Waals surface area contributed by atoms with Gasteiger partial charge < -0.3 is 15.2 Å². The van der Waals surface area contributed by atoms with Crippen LogP contribution in [0.4, 0.5) is 18.9 Å². The second-order valence-corrected chi connectivity index (χ2v) is 6.84. The van der Waals surface area contributed by atoms with Crippen LogP contribution in [-0.4, -0.2) is 34.3 Å². The van der Waals surface area contributed by atoms with Crippen LogP contribution >= 0.6 is 0 Å². The molecule has 0 spiro atoms.